The van der Waals surface area contributed by atoms with Crippen LogP contribution < -0.4 is 0 Å². The van der Waals surface area contributed by atoms with E-state index in [4.69, 9.17) is 9.47 Å². The van der Waals surface area contributed by atoms with Gasteiger partial charge in [0.05, 0.1) is 30.8 Å². The molecule has 0 bridgehead atoms. The van der Waals surface area contributed by atoms with E-state index < -0.39 is 0 Å². The Morgan fingerprint density at radius 3 is 2.72 bits per heavy atom. The highest BCUT2D eigenvalue weighted by Crippen LogP contribution is 2.27. The van der Waals surface area contributed by atoms with E-state index in [9.17, 15) is 4.79 Å². The van der Waals surface area contributed by atoms with Crippen LogP contribution in [-0.2, 0) is 14.3 Å². The summed E-state index contributed by atoms with van der Waals surface area (Å²) in [4.78, 5) is 16.8. The van der Waals surface area contributed by atoms with Gasteiger partial charge < -0.3 is 14.4 Å². The molecule has 0 N–H and O–H groups in total. The molecular weight excluding hydrogens is 232 g/mol. The molecule has 0 unspecified atom stereocenters. The first-order valence-electron chi connectivity index (χ1n) is 6.89. The Kier molecular flexibility index (Phi) is 3.30. The van der Waals surface area contributed by atoms with Crippen molar-refractivity contribution >= 4 is 5.91 Å². The molecule has 3 heterocycles. The predicted molar refractivity (Wildman–Crippen MR) is 66.3 cm³/mol. The number of morpholine rings is 1. The number of rotatable bonds is 1. The molecule has 3 rings (SSSR count). The molecular formula is C13H22N2O3. The summed E-state index contributed by atoms with van der Waals surface area (Å²) in [6.07, 6.45) is 1.13. The summed E-state index contributed by atoms with van der Waals surface area (Å²) in [6.45, 7) is 6.02. The van der Waals surface area contributed by atoms with Crippen molar-refractivity contribution in [3.8, 4) is 0 Å². The second kappa shape index (κ2) is 4.79. The van der Waals surface area contributed by atoms with Gasteiger partial charge in [0.1, 0.15) is 0 Å². The van der Waals surface area contributed by atoms with E-state index in [-0.39, 0.29) is 24.0 Å². The summed E-state index contributed by atoms with van der Waals surface area (Å²) < 4.78 is 11.3. The fraction of sp³-hybridized carbons (Fsp3) is 0.923. The molecule has 0 spiro atoms. The zero-order valence-corrected chi connectivity index (χ0v) is 11.2. The van der Waals surface area contributed by atoms with E-state index in [1.165, 1.54) is 0 Å². The average Bonchev–Trinajstić information content (AvgIpc) is 2.95. The standard InChI is InChI=1S/C13H22N2O3/c1-9-10(3-5-17-9)13(16)15-7-11-12(8-15)18-6-4-14(11)2/h9-12H,3-8H2,1-2H3/t9-,10+,11-,12+/m0/s1. The van der Waals surface area contributed by atoms with Gasteiger partial charge in [-0.25, -0.2) is 0 Å². The van der Waals surface area contributed by atoms with Crippen LogP contribution in [0.15, 0.2) is 0 Å². The third kappa shape index (κ3) is 2.04. The molecule has 18 heavy (non-hydrogen) atoms. The van der Waals surface area contributed by atoms with Gasteiger partial charge in [-0.1, -0.05) is 0 Å². The molecule has 3 aliphatic heterocycles. The molecule has 0 aromatic rings. The summed E-state index contributed by atoms with van der Waals surface area (Å²) in [5.41, 5.74) is 0. The van der Waals surface area contributed by atoms with Gasteiger partial charge in [0.25, 0.3) is 0 Å². The number of hydrogen-bond acceptors (Lipinski definition) is 4. The summed E-state index contributed by atoms with van der Waals surface area (Å²) in [7, 11) is 2.12. The zero-order chi connectivity index (χ0) is 12.7. The van der Waals surface area contributed by atoms with Crippen LogP contribution in [0.2, 0.25) is 0 Å². The summed E-state index contributed by atoms with van der Waals surface area (Å²) >= 11 is 0. The highest BCUT2D eigenvalue weighted by molar-refractivity contribution is 5.80. The van der Waals surface area contributed by atoms with Crippen molar-refractivity contribution in [2.24, 2.45) is 5.92 Å². The lowest BCUT2D eigenvalue weighted by Crippen LogP contribution is -2.48. The van der Waals surface area contributed by atoms with E-state index in [1.807, 2.05) is 11.8 Å². The molecule has 0 aromatic carbocycles. The molecule has 1 amide bonds. The minimum atomic E-state index is 0.0514. The van der Waals surface area contributed by atoms with Crippen molar-refractivity contribution in [2.75, 3.05) is 39.9 Å². The number of carbonyl (C=O) groups excluding carboxylic acids is 1. The number of likely N-dealkylation sites (tertiary alicyclic amines) is 1. The van der Waals surface area contributed by atoms with Crippen molar-refractivity contribution in [1.82, 2.24) is 9.80 Å². The lowest BCUT2D eigenvalue weighted by Gasteiger charge is -2.33. The largest absolute Gasteiger partial charge is 0.378 e. The van der Waals surface area contributed by atoms with Crippen molar-refractivity contribution in [1.29, 1.82) is 0 Å². The molecule has 5 nitrogen and oxygen atoms in total. The van der Waals surface area contributed by atoms with Crippen LogP contribution in [0, 0.1) is 5.92 Å². The quantitative estimate of drug-likeness (QED) is 0.658. The maximum atomic E-state index is 12.5. The van der Waals surface area contributed by atoms with E-state index in [2.05, 4.69) is 11.9 Å². The number of carbonyl (C=O) groups is 1. The zero-order valence-electron chi connectivity index (χ0n) is 11.2. The van der Waals surface area contributed by atoms with Crippen LogP contribution in [0.5, 0.6) is 0 Å². The maximum Gasteiger partial charge on any atom is 0.228 e. The van der Waals surface area contributed by atoms with Crippen molar-refractivity contribution in [3.05, 3.63) is 0 Å². The fourth-order valence-corrected chi connectivity index (χ4v) is 3.33. The van der Waals surface area contributed by atoms with E-state index >= 15 is 0 Å². The van der Waals surface area contributed by atoms with Crippen LogP contribution in [0.3, 0.4) is 0 Å². The first-order valence-corrected chi connectivity index (χ1v) is 6.89. The number of likely N-dealkylation sites (N-methyl/N-ethyl adjacent to an activating group) is 1. The Morgan fingerprint density at radius 1 is 1.22 bits per heavy atom. The van der Waals surface area contributed by atoms with Gasteiger partial charge in [0, 0.05) is 26.2 Å². The minimum Gasteiger partial charge on any atom is -0.378 e. The van der Waals surface area contributed by atoms with Crippen LogP contribution in [0.1, 0.15) is 13.3 Å². The third-order valence-corrected chi connectivity index (χ3v) is 4.58. The van der Waals surface area contributed by atoms with Crippen molar-refractivity contribution in [2.45, 2.75) is 31.6 Å². The van der Waals surface area contributed by atoms with Crippen LogP contribution in [-0.4, -0.2) is 73.9 Å². The first kappa shape index (κ1) is 12.4. The molecule has 0 aliphatic carbocycles. The highest BCUT2D eigenvalue weighted by atomic mass is 16.5. The van der Waals surface area contributed by atoms with Gasteiger partial charge >= 0.3 is 0 Å². The Labute approximate surface area is 108 Å². The van der Waals surface area contributed by atoms with Gasteiger partial charge in [-0.15, -0.1) is 0 Å². The number of fused-ring (bicyclic) bond motifs is 1. The molecule has 4 atom stereocenters. The SMILES string of the molecule is C[C@@H]1OCC[C@H]1C(=O)N1C[C@H]2OCCN(C)[C@H]2C1. The minimum absolute atomic E-state index is 0.0514. The molecule has 102 valence electrons. The summed E-state index contributed by atoms with van der Waals surface area (Å²) in [6, 6.07) is 0.375. The monoisotopic (exact) mass is 254 g/mol. The number of ether oxygens (including phenoxy) is 2. The van der Waals surface area contributed by atoms with E-state index in [0.717, 1.165) is 32.7 Å². The Balaban J connectivity index is 1.66. The third-order valence-electron chi connectivity index (χ3n) is 4.58. The van der Waals surface area contributed by atoms with Crippen LogP contribution in [0.4, 0.5) is 0 Å². The lowest BCUT2D eigenvalue weighted by molar-refractivity contribution is -0.136. The Morgan fingerprint density at radius 2 is 2.06 bits per heavy atom. The predicted octanol–water partition coefficient (Wildman–Crippen LogP) is -0.0472. The molecule has 3 aliphatic rings. The second-order valence-corrected chi connectivity index (χ2v) is 5.67. The van der Waals surface area contributed by atoms with Crippen LogP contribution in [0.25, 0.3) is 0 Å². The van der Waals surface area contributed by atoms with Crippen molar-refractivity contribution < 1.29 is 14.3 Å². The lowest BCUT2D eigenvalue weighted by atomic mass is 10.0. The fourth-order valence-electron chi connectivity index (χ4n) is 3.33. The Hall–Kier alpha value is -0.650. The van der Waals surface area contributed by atoms with Gasteiger partial charge in [-0.2, -0.15) is 0 Å². The number of amides is 1. The smallest absolute Gasteiger partial charge is 0.228 e. The second-order valence-electron chi connectivity index (χ2n) is 5.67. The molecule has 5 heteroatoms. The number of hydrogen-bond donors (Lipinski definition) is 0. The molecule has 3 saturated heterocycles. The maximum absolute atomic E-state index is 12.5. The van der Waals surface area contributed by atoms with Crippen LogP contribution >= 0.6 is 0 Å². The van der Waals surface area contributed by atoms with Gasteiger partial charge in [0.2, 0.25) is 5.91 Å². The molecule has 0 aromatic heterocycles. The van der Waals surface area contributed by atoms with E-state index in [0.29, 0.717) is 12.6 Å². The van der Waals surface area contributed by atoms with Gasteiger partial charge in [-0.05, 0) is 20.4 Å². The topological polar surface area (TPSA) is 42.0 Å². The number of nitrogens with zero attached hydrogens (tertiary/aromatic N) is 2. The first-order chi connectivity index (χ1) is 8.66. The van der Waals surface area contributed by atoms with Gasteiger partial charge in [0.15, 0.2) is 0 Å². The van der Waals surface area contributed by atoms with E-state index in [1.54, 1.807) is 0 Å². The van der Waals surface area contributed by atoms with Crippen molar-refractivity contribution in [3.63, 3.8) is 0 Å². The average molecular weight is 254 g/mol. The molecule has 0 saturated carbocycles. The Bertz CT molecular complexity index is 336. The van der Waals surface area contributed by atoms with Gasteiger partial charge in [-0.3, -0.25) is 9.69 Å². The normalized spacial score (nSPS) is 41.1. The molecule has 0 radical (unpaired) electrons. The highest BCUT2D eigenvalue weighted by Gasteiger charge is 2.43. The molecule has 3 fully saturated rings. The summed E-state index contributed by atoms with van der Waals surface area (Å²) in [5.74, 6) is 0.307. The summed E-state index contributed by atoms with van der Waals surface area (Å²) in [5, 5.41) is 0.